The predicted molar refractivity (Wildman–Crippen MR) is 117 cm³/mol. The molecule has 0 N–H and O–H groups in total. The Morgan fingerprint density at radius 1 is 0.828 bits per heavy atom. The summed E-state index contributed by atoms with van der Waals surface area (Å²) >= 11 is 5.96. The third-order valence-electron chi connectivity index (χ3n) is 4.40. The van der Waals surface area contributed by atoms with Crippen molar-refractivity contribution in [2.75, 3.05) is 7.11 Å². The van der Waals surface area contributed by atoms with Crippen LogP contribution in [0, 0.1) is 0 Å². The van der Waals surface area contributed by atoms with E-state index in [1.165, 1.54) is 0 Å². The molecule has 0 spiro atoms. The molecule has 0 aliphatic rings. The quantitative estimate of drug-likeness (QED) is 0.394. The number of benzene rings is 3. The molecule has 5 heteroatoms. The van der Waals surface area contributed by atoms with Gasteiger partial charge in [-0.05, 0) is 53.6 Å². The normalized spacial score (nSPS) is 11.1. The molecule has 0 radical (unpaired) electrons. The van der Waals surface area contributed by atoms with Crippen LogP contribution in [0.1, 0.15) is 16.8 Å². The molecule has 3 aromatic carbocycles. The van der Waals surface area contributed by atoms with Crippen molar-refractivity contribution in [2.45, 2.75) is 6.61 Å². The number of methoxy groups -OCH3 is 1. The lowest BCUT2D eigenvalue weighted by Gasteiger charge is -2.09. The van der Waals surface area contributed by atoms with Gasteiger partial charge in [-0.3, -0.25) is 0 Å². The third-order valence-corrected chi connectivity index (χ3v) is 4.65. The molecule has 0 saturated heterocycles. The van der Waals surface area contributed by atoms with Crippen LogP contribution in [0.5, 0.6) is 11.6 Å². The first kappa shape index (κ1) is 19.0. The summed E-state index contributed by atoms with van der Waals surface area (Å²) in [7, 11) is 1.65. The first-order valence-corrected chi connectivity index (χ1v) is 9.55. The Bertz CT molecular complexity index is 1140. The summed E-state index contributed by atoms with van der Waals surface area (Å²) in [6.07, 6.45) is 3.89. The highest BCUT2D eigenvalue weighted by Crippen LogP contribution is 2.23. The number of hydrogen-bond donors (Lipinski definition) is 0. The smallest absolute Gasteiger partial charge is 0.240 e. The molecule has 4 nitrogen and oxygen atoms in total. The van der Waals surface area contributed by atoms with Gasteiger partial charge in [0.15, 0.2) is 0 Å². The van der Waals surface area contributed by atoms with Crippen LogP contribution in [0.3, 0.4) is 0 Å². The maximum atomic E-state index is 6.01. The van der Waals surface area contributed by atoms with Gasteiger partial charge in [0.2, 0.25) is 5.88 Å². The molecule has 29 heavy (non-hydrogen) atoms. The molecule has 0 saturated carbocycles. The number of ether oxygens (including phenoxy) is 2. The number of rotatable bonds is 6. The van der Waals surface area contributed by atoms with E-state index >= 15 is 0 Å². The molecule has 0 aliphatic carbocycles. The molecular formula is C24H19ClN2O2. The predicted octanol–water partition coefficient (Wildman–Crippen LogP) is 6.04. The average molecular weight is 403 g/mol. The first-order valence-electron chi connectivity index (χ1n) is 9.17. The Hall–Kier alpha value is -3.37. The highest BCUT2D eigenvalue weighted by atomic mass is 35.5. The minimum absolute atomic E-state index is 0.383. The van der Waals surface area contributed by atoms with E-state index in [-0.39, 0.29) is 0 Å². The van der Waals surface area contributed by atoms with Crippen LogP contribution in [-0.2, 0) is 6.61 Å². The second-order valence-electron chi connectivity index (χ2n) is 6.42. The zero-order chi connectivity index (χ0) is 20.1. The van der Waals surface area contributed by atoms with Crippen molar-refractivity contribution in [2.24, 2.45) is 0 Å². The van der Waals surface area contributed by atoms with Gasteiger partial charge in [0.1, 0.15) is 18.1 Å². The fourth-order valence-electron chi connectivity index (χ4n) is 2.83. The summed E-state index contributed by atoms with van der Waals surface area (Å²) in [5.74, 6) is 1.31. The number of halogens is 1. The van der Waals surface area contributed by atoms with Crippen molar-refractivity contribution in [1.82, 2.24) is 9.97 Å². The van der Waals surface area contributed by atoms with E-state index in [2.05, 4.69) is 4.98 Å². The van der Waals surface area contributed by atoms with Crippen molar-refractivity contribution < 1.29 is 9.47 Å². The maximum absolute atomic E-state index is 6.01. The minimum atomic E-state index is 0.383. The van der Waals surface area contributed by atoms with E-state index < -0.39 is 0 Å². The molecule has 4 rings (SSSR count). The van der Waals surface area contributed by atoms with Crippen LogP contribution in [0.15, 0.2) is 72.8 Å². The summed E-state index contributed by atoms with van der Waals surface area (Å²) < 4.78 is 11.2. The second kappa shape index (κ2) is 8.76. The monoisotopic (exact) mass is 402 g/mol. The summed E-state index contributed by atoms with van der Waals surface area (Å²) in [4.78, 5) is 9.40. The van der Waals surface area contributed by atoms with Gasteiger partial charge in [0.05, 0.1) is 18.1 Å². The molecule has 0 atom stereocenters. The number of fused-ring (bicyclic) bond motifs is 1. The molecule has 144 valence electrons. The zero-order valence-corrected chi connectivity index (χ0v) is 16.6. The average Bonchev–Trinajstić information content (AvgIpc) is 2.77. The van der Waals surface area contributed by atoms with Crippen LogP contribution < -0.4 is 9.47 Å². The van der Waals surface area contributed by atoms with Gasteiger partial charge in [-0.15, -0.1) is 0 Å². The Kier molecular flexibility index (Phi) is 5.73. The van der Waals surface area contributed by atoms with Gasteiger partial charge >= 0.3 is 0 Å². The Morgan fingerprint density at radius 2 is 1.52 bits per heavy atom. The highest BCUT2D eigenvalue weighted by Gasteiger charge is 2.08. The van der Waals surface area contributed by atoms with Crippen molar-refractivity contribution in [3.8, 4) is 11.6 Å². The van der Waals surface area contributed by atoms with Crippen LogP contribution in [0.25, 0.3) is 23.2 Å². The fraction of sp³-hybridized carbons (Fsp3) is 0.0833. The first-order chi connectivity index (χ1) is 14.2. The number of aromatic nitrogens is 2. The Morgan fingerprint density at radius 3 is 2.21 bits per heavy atom. The summed E-state index contributed by atoms with van der Waals surface area (Å²) in [6, 6.07) is 23.1. The van der Waals surface area contributed by atoms with E-state index in [0.29, 0.717) is 23.2 Å². The molecule has 0 fully saturated rings. The molecule has 1 heterocycles. The fourth-order valence-corrected chi connectivity index (χ4v) is 2.96. The standard InChI is InChI=1S/C24H19ClN2O2/c1-28-20-13-8-17(9-14-20)10-15-23-24(27-22-5-3-2-4-21(22)26-23)29-16-18-6-11-19(25)12-7-18/h2-15H,16H2,1H3/b15-10+. The van der Waals surface area contributed by atoms with Crippen molar-refractivity contribution in [1.29, 1.82) is 0 Å². The van der Waals surface area contributed by atoms with Crippen LogP contribution >= 0.6 is 11.6 Å². The SMILES string of the molecule is COc1ccc(/C=C/c2nc3ccccc3nc2OCc2ccc(Cl)cc2)cc1. The summed E-state index contributed by atoms with van der Waals surface area (Å²) in [5.41, 5.74) is 4.33. The van der Waals surface area contributed by atoms with Crippen molar-refractivity contribution in [3.63, 3.8) is 0 Å². The zero-order valence-electron chi connectivity index (χ0n) is 15.9. The van der Waals surface area contributed by atoms with E-state index in [1.54, 1.807) is 7.11 Å². The topological polar surface area (TPSA) is 44.2 Å². The number of hydrogen-bond acceptors (Lipinski definition) is 4. The number of nitrogens with zero attached hydrogens (tertiary/aromatic N) is 2. The lowest BCUT2D eigenvalue weighted by atomic mass is 10.2. The minimum Gasteiger partial charge on any atom is -0.497 e. The lowest BCUT2D eigenvalue weighted by molar-refractivity contribution is 0.293. The van der Waals surface area contributed by atoms with Gasteiger partial charge in [-0.25, -0.2) is 9.97 Å². The Labute approximate surface area is 174 Å². The number of para-hydroxylation sites is 2. The Balaban J connectivity index is 1.63. The van der Waals surface area contributed by atoms with Crippen LogP contribution in [-0.4, -0.2) is 17.1 Å². The van der Waals surface area contributed by atoms with E-state index in [4.69, 9.17) is 26.1 Å². The molecule has 0 bridgehead atoms. The molecule has 1 aromatic heterocycles. The van der Waals surface area contributed by atoms with E-state index in [1.807, 2.05) is 84.9 Å². The molecule has 0 amide bonds. The van der Waals surface area contributed by atoms with Crippen molar-refractivity contribution >= 4 is 34.8 Å². The second-order valence-corrected chi connectivity index (χ2v) is 6.86. The van der Waals surface area contributed by atoms with E-state index in [9.17, 15) is 0 Å². The van der Waals surface area contributed by atoms with Gasteiger partial charge in [-0.2, -0.15) is 0 Å². The van der Waals surface area contributed by atoms with Crippen LogP contribution in [0.4, 0.5) is 0 Å². The summed E-state index contributed by atoms with van der Waals surface area (Å²) in [5, 5.41) is 0.697. The van der Waals surface area contributed by atoms with Gasteiger partial charge < -0.3 is 9.47 Å². The molecular weight excluding hydrogens is 384 g/mol. The maximum Gasteiger partial charge on any atom is 0.240 e. The summed E-state index contributed by atoms with van der Waals surface area (Å²) in [6.45, 7) is 0.383. The van der Waals surface area contributed by atoms with Crippen LogP contribution in [0.2, 0.25) is 5.02 Å². The molecule has 0 unspecified atom stereocenters. The molecule has 4 aromatic rings. The highest BCUT2D eigenvalue weighted by molar-refractivity contribution is 6.30. The van der Waals surface area contributed by atoms with Gasteiger partial charge in [-0.1, -0.05) is 54.1 Å². The van der Waals surface area contributed by atoms with E-state index in [0.717, 1.165) is 27.9 Å². The van der Waals surface area contributed by atoms with Gasteiger partial charge in [0, 0.05) is 5.02 Å². The third kappa shape index (κ3) is 4.73. The van der Waals surface area contributed by atoms with Crippen molar-refractivity contribution in [3.05, 3.63) is 94.6 Å². The lowest BCUT2D eigenvalue weighted by Crippen LogP contribution is -2.01. The van der Waals surface area contributed by atoms with Gasteiger partial charge in [0.25, 0.3) is 0 Å². The molecule has 0 aliphatic heterocycles. The largest absolute Gasteiger partial charge is 0.497 e.